The fourth-order valence-corrected chi connectivity index (χ4v) is 7.26. The number of aryl methyl sites for hydroxylation is 1. The molecule has 0 spiro atoms. The van der Waals surface area contributed by atoms with Crippen LogP contribution in [0.25, 0.3) is 0 Å². The van der Waals surface area contributed by atoms with Crippen LogP contribution in [0.3, 0.4) is 0 Å². The van der Waals surface area contributed by atoms with Gasteiger partial charge in [0.2, 0.25) is 11.8 Å². The van der Waals surface area contributed by atoms with Crippen LogP contribution in [-0.4, -0.2) is 54.0 Å². The van der Waals surface area contributed by atoms with Crippen molar-refractivity contribution in [3.05, 3.63) is 101 Å². The Bertz CT molecular complexity index is 1530. The highest BCUT2D eigenvalue weighted by Gasteiger charge is 2.41. The Labute approximate surface area is 241 Å². The smallest absolute Gasteiger partial charge is 0.269 e. The summed E-state index contributed by atoms with van der Waals surface area (Å²) in [5.74, 6) is -1.26. The van der Waals surface area contributed by atoms with Gasteiger partial charge in [-0.2, -0.15) is 0 Å². The number of rotatable bonds is 10. The molecule has 9 heteroatoms. The average Bonchev–Trinajstić information content (AvgIpc) is 3.55. The third kappa shape index (κ3) is 6.20. The van der Waals surface area contributed by atoms with E-state index in [1.165, 1.54) is 12.1 Å². The maximum absolute atomic E-state index is 14.0. The summed E-state index contributed by atoms with van der Waals surface area (Å²) in [7, 11) is -4.05. The van der Waals surface area contributed by atoms with Gasteiger partial charge in [0.05, 0.1) is 5.56 Å². The van der Waals surface area contributed by atoms with Gasteiger partial charge in [-0.05, 0) is 48.6 Å². The molecule has 1 aliphatic heterocycles. The molecule has 8 nitrogen and oxygen atoms in total. The standard InChI is InChI=1S/C32H35N3O5S/c1-23-11-5-6-14-25(23)22-34(28(21-24-12-3-2-4-13-24)31(37)33-26-15-7-8-16-26)30(36)19-20-35-32(38)27-17-9-10-18-29(27)41(35,39)40/h2-6,9-14,17-18,26,28H,7-8,15-16,19-22H2,1H3,(H,33,37)/t28-/m1/s1. The largest absolute Gasteiger partial charge is 0.352 e. The van der Waals surface area contributed by atoms with Crippen molar-refractivity contribution in [3.63, 3.8) is 0 Å². The van der Waals surface area contributed by atoms with Gasteiger partial charge in [0.25, 0.3) is 15.9 Å². The number of hydrogen-bond acceptors (Lipinski definition) is 5. The highest BCUT2D eigenvalue weighted by molar-refractivity contribution is 7.90. The fourth-order valence-electron chi connectivity index (χ4n) is 5.69. The minimum atomic E-state index is -4.05. The Morgan fingerprint density at radius 3 is 2.32 bits per heavy atom. The highest BCUT2D eigenvalue weighted by Crippen LogP contribution is 2.30. The number of nitrogens with zero attached hydrogens (tertiary/aromatic N) is 2. The Morgan fingerprint density at radius 1 is 0.951 bits per heavy atom. The molecule has 1 atom stereocenters. The average molecular weight is 574 g/mol. The normalized spacial score (nSPS) is 16.8. The molecule has 3 aromatic carbocycles. The molecule has 2 aliphatic rings. The Hall–Kier alpha value is -3.98. The van der Waals surface area contributed by atoms with Gasteiger partial charge in [-0.1, -0.05) is 79.6 Å². The van der Waals surface area contributed by atoms with E-state index in [-0.39, 0.29) is 41.9 Å². The first kappa shape index (κ1) is 28.5. The molecule has 0 saturated heterocycles. The molecule has 0 radical (unpaired) electrons. The highest BCUT2D eigenvalue weighted by atomic mass is 32.2. The van der Waals surface area contributed by atoms with Crippen molar-refractivity contribution in [2.45, 2.75) is 69.0 Å². The van der Waals surface area contributed by atoms with E-state index in [9.17, 15) is 22.8 Å². The summed E-state index contributed by atoms with van der Waals surface area (Å²) in [6, 6.07) is 22.6. The van der Waals surface area contributed by atoms with E-state index in [0.29, 0.717) is 6.42 Å². The van der Waals surface area contributed by atoms with Gasteiger partial charge in [0, 0.05) is 32.0 Å². The van der Waals surface area contributed by atoms with Crippen molar-refractivity contribution in [1.82, 2.24) is 14.5 Å². The monoisotopic (exact) mass is 573 g/mol. The summed E-state index contributed by atoms with van der Waals surface area (Å²) in [6.07, 6.45) is 3.99. The molecular formula is C32H35N3O5S. The minimum Gasteiger partial charge on any atom is -0.352 e. The van der Waals surface area contributed by atoms with Crippen molar-refractivity contribution in [1.29, 1.82) is 0 Å². The number of nitrogens with one attached hydrogen (secondary N) is 1. The van der Waals surface area contributed by atoms with Crippen LogP contribution < -0.4 is 5.32 Å². The van der Waals surface area contributed by atoms with Crippen LogP contribution in [0.1, 0.15) is 59.2 Å². The van der Waals surface area contributed by atoms with Crippen molar-refractivity contribution in [2.75, 3.05) is 6.54 Å². The van der Waals surface area contributed by atoms with Crippen LogP contribution >= 0.6 is 0 Å². The van der Waals surface area contributed by atoms with Gasteiger partial charge in [-0.15, -0.1) is 0 Å². The molecule has 1 N–H and O–H groups in total. The molecule has 1 fully saturated rings. The molecule has 0 bridgehead atoms. The lowest BCUT2D eigenvalue weighted by atomic mass is 10.0. The van der Waals surface area contributed by atoms with E-state index in [2.05, 4.69) is 5.32 Å². The lowest BCUT2D eigenvalue weighted by Gasteiger charge is -2.33. The molecule has 1 heterocycles. The van der Waals surface area contributed by atoms with Crippen LogP contribution in [0.15, 0.2) is 83.8 Å². The van der Waals surface area contributed by atoms with Gasteiger partial charge >= 0.3 is 0 Å². The minimum absolute atomic E-state index is 0.0490. The van der Waals surface area contributed by atoms with Crippen LogP contribution in [0, 0.1) is 6.92 Å². The van der Waals surface area contributed by atoms with E-state index < -0.39 is 27.9 Å². The second-order valence-corrected chi connectivity index (χ2v) is 12.6. The van der Waals surface area contributed by atoms with Crippen LogP contribution in [0.4, 0.5) is 0 Å². The first-order valence-corrected chi connectivity index (χ1v) is 15.5. The van der Waals surface area contributed by atoms with Crippen LogP contribution in [0.2, 0.25) is 0 Å². The second-order valence-electron chi connectivity index (χ2n) is 10.8. The number of benzene rings is 3. The van der Waals surface area contributed by atoms with Gasteiger partial charge in [0.15, 0.2) is 0 Å². The van der Waals surface area contributed by atoms with Gasteiger partial charge in [-0.3, -0.25) is 14.4 Å². The molecule has 0 unspecified atom stereocenters. The lowest BCUT2D eigenvalue weighted by Crippen LogP contribution is -2.52. The number of amides is 3. The number of fused-ring (bicyclic) bond motifs is 1. The number of sulfonamides is 1. The van der Waals surface area contributed by atoms with Crippen LogP contribution in [0.5, 0.6) is 0 Å². The van der Waals surface area contributed by atoms with Gasteiger partial charge in [-0.25, -0.2) is 12.7 Å². The van der Waals surface area contributed by atoms with Crippen molar-refractivity contribution in [2.24, 2.45) is 0 Å². The van der Waals surface area contributed by atoms with Crippen molar-refractivity contribution in [3.8, 4) is 0 Å². The zero-order valence-corrected chi connectivity index (χ0v) is 24.0. The van der Waals surface area contributed by atoms with Crippen molar-refractivity contribution >= 4 is 27.7 Å². The van der Waals surface area contributed by atoms with E-state index >= 15 is 0 Å². The summed E-state index contributed by atoms with van der Waals surface area (Å²) in [5.41, 5.74) is 2.89. The maximum Gasteiger partial charge on any atom is 0.269 e. The second kappa shape index (κ2) is 12.3. The molecular weight excluding hydrogens is 538 g/mol. The lowest BCUT2D eigenvalue weighted by molar-refractivity contribution is -0.141. The van der Waals surface area contributed by atoms with Gasteiger partial charge < -0.3 is 10.2 Å². The maximum atomic E-state index is 14.0. The first-order valence-electron chi connectivity index (χ1n) is 14.1. The van der Waals surface area contributed by atoms with Gasteiger partial charge in [0.1, 0.15) is 10.9 Å². The predicted molar refractivity (Wildman–Crippen MR) is 155 cm³/mol. The molecule has 3 aromatic rings. The predicted octanol–water partition coefficient (Wildman–Crippen LogP) is 4.23. The van der Waals surface area contributed by atoms with E-state index in [1.807, 2.05) is 61.5 Å². The molecule has 41 heavy (non-hydrogen) atoms. The van der Waals surface area contributed by atoms with E-state index in [0.717, 1.165) is 46.7 Å². The zero-order valence-electron chi connectivity index (χ0n) is 23.2. The molecule has 1 saturated carbocycles. The van der Waals surface area contributed by atoms with E-state index in [4.69, 9.17) is 0 Å². The summed E-state index contributed by atoms with van der Waals surface area (Å²) in [6.45, 7) is 1.83. The Kier molecular flexibility index (Phi) is 8.54. The molecule has 3 amide bonds. The fraction of sp³-hybridized carbons (Fsp3) is 0.344. The summed E-state index contributed by atoms with van der Waals surface area (Å²) in [4.78, 5) is 42.3. The number of carbonyl (C=O) groups excluding carboxylic acids is 3. The van der Waals surface area contributed by atoms with Crippen LogP contribution in [-0.2, 0) is 32.6 Å². The third-order valence-electron chi connectivity index (χ3n) is 8.02. The quantitative estimate of drug-likeness (QED) is 0.391. The first-order chi connectivity index (χ1) is 19.8. The summed E-state index contributed by atoms with van der Waals surface area (Å²) < 4.78 is 27.0. The third-order valence-corrected chi connectivity index (χ3v) is 9.86. The number of hydrogen-bond donors (Lipinski definition) is 1. The Balaban J connectivity index is 1.44. The molecule has 0 aromatic heterocycles. The summed E-state index contributed by atoms with van der Waals surface area (Å²) in [5, 5.41) is 3.17. The van der Waals surface area contributed by atoms with Crippen molar-refractivity contribution < 1.29 is 22.8 Å². The Morgan fingerprint density at radius 2 is 1.61 bits per heavy atom. The van der Waals surface area contributed by atoms with E-state index in [1.54, 1.807) is 17.0 Å². The molecule has 1 aliphatic carbocycles. The molecule has 5 rings (SSSR count). The SMILES string of the molecule is Cc1ccccc1CN(C(=O)CCN1C(=O)c2ccccc2S1(=O)=O)[C@H](Cc1ccccc1)C(=O)NC1CCCC1. The summed E-state index contributed by atoms with van der Waals surface area (Å²) >= 11 is 0. The topological polar surface area (TPSA) is 104 Å². The number of carbonyl (C=O) groups is 3. The molecule has 214 valence electrons. The zero-order chi connectivity index (χ0) is 29.0.